The van der Waals surface area contributed by atoms with E-state index in [9.17, 15) is 10.1 Å². The monoisotopic (exact) mass is 500 g/mol. The predicted molar refractivity (Wildman–Crippen MR) is 150 cm³/mol. The van der Waals surface area contributed by atoms with Crippen LogP contribution >= 0.6 is 0 Å². The normalized spacial score (nSPS) is 14.3. The summed E-state index contributed by atoms with van der Waals surface area (Å²) >= 11 is 0. The number of aromatic nitrogens is 3. The Morgan fingerprint density at radius 2 is 1.84 bits per heavy atom. The molecule has 7 heteroatoms. The third-order valence-corrected chi connectivity index (χ3v) is 7.60. The van der Waals surface area contributed by atoms with E-state index >= 15 is 0 Å². The van der Waals surface area contributed by atoms with Crippen LogP contribution in [0.1, 0.15) is 34.6 Å². The van der Waals surface area contributed by atoms with Crippen molar-refractivity contribution in [2.45, 2.75) is 18.9 Å². The summed E-state index contributed by atoms with van der Waals surface area (Å²) in [6, 6.07) is 22.1. The molecule has 0 radical (unpaired) electrons. The Hall–Kier alpha value is -4.54. The molecule has 6 rings (SSSR count). The molecule has 3 heterocycles. The molecule has 1 fully saturated rings. The van der Waals surface area contributed by atoms with Crippen molar-refractivity contribution in [3.05, 3.63) is 90.0 Å². The smallest absolute Gasteiger partial charge is 0.228 e. The summed E-state index contributed by atoms with van der Waals surface area (Å²) in [7, 11) is 4.29. The Balaban J connectivity index is 1.32. The maximum absolute atomic E-state index is 13.5. The second kappa shape index (κ2) is 9.73. The highest BCUT2D eigenvalue weighted by molar-refractivity contribution is 6.09. The molecule has 3 aromatic carbocycles. The van der Waals surface area contributed by atoms with Gasteiger partial charge in [0.2, 0.25) is 5.78 Å². The molecular weight excluding hydrogens is 472 g/mol. The number of nitriles is 1. The average Bonchev–Trinajstić information content (AvgIpc) is 3.40. The maximum atomic E-state index is 13.5. The molecule has 0 bridgehead atoms. The molecule has 2 aromatic heterocycles. The SMILES string of the molecule is CN(C)C1CCN(c2ccc3nc(C(=O)c4ccc(C#N)c(-c5cncc6ccccc56)c4)[nH]c3c2)CC1. The lowest BCUT2D eigenvalue weighted by molar-refractivity contribution is 0.103. The number of imidazole rings is 1. The minimum atomic E-state index is -0.214. The number of rotatable bonds is 5. The van der Waals surface area contributed by atoms with Crippen molar-refractivity contribution >= 4 is 33.3 Å². The highest BCUT2D eigenvalue weighted by Crippen LogP contribution is 2.32. The Morgan fingerprint density at radius 1 is 1.03 bits per heavy atom. The van der Waals surface area contributed by atoms with Gasteiger partial charge in [-0.3, -0.25) is 9.78 Å². The molecule has 0 saturated carbocycles. The van der Waals surface area contributed by atoms with Crippen LogP contribution < -0.4 is 4.90 Å². The van der Waals surface area contributed by atoms with Crippen LogP contribution in [0.4, 0.5) is 5.69 Å². The summed E-state index contributed by atoms with van der Waals surface area (Å²) in [5.41, 5.74) is 5.20. The number of carbonyl (C=O) groups excluding carboxylic acids is 1. The fraction of sp³-hybridized carbons (Fsp3) is 0.226. The number of hydrogen-bond acceptors (Lipinski definition) is 6. The zero-order chi connectivity index (χ0) is 26.2. The topological polar surface area (TPSA) is 88.9 Å². The number of H-pyrrole nitrogens is 1. The van der Waals surface area contributed by atoms with Crippen molar-refractivity contribution in [3.8, 4) is 17.2 Å². The van der Waals surface area contributed by atoms with Crippen LogP contribution in [0.5, 0.6) is 0 Å². The number of anilines is 1. The molecule has 1 aliphatic rings. The van der Waals surface area contributed by atoms with Gasteiger partial charge in [-0.25, -0.2) is 4.98 Å². The first-order chi connectivity index (χ1) is 18.5. The van der Waals surface area contributed by atoms with Crippen molar-refractivity contribution < 1.29 is 4.79 Å². The summed E-state index contributed by atoms with van der Waals surface area (Å²) in [6.07, 6.45) is 5.81. The summed E-state index contributed by atoms with van der Waals surface area (Å²) < 4.78 is 0. The highest BCUT2D eigenvalue weighted by Gasteiger charge is 2.22. The predicted octanol–water partition coefficient (Wildman–Crippen LogP) is 5.41. The highest BCUT2D eigenvalue weighted by atomic mass is 16.1. The quantitative estimate of drug-likeness (QED) is 0.325. The van der Waals surface area contributed by atoms with E-state index in [0.717, 1.165) is 59.0 Å². The van der Waals surface area contributed by atoms with Crippen molar-refractivity contribution in [2.75, 3.05) is 32.1 Å². The van der Waals surface area contributed by atoms with Gasteiger partial charge in [0.15, 0.2) is 5.82 Å². The average molecular weight is 501 g/mol. The molecule has 0 amide bonds. The molecule has 5 aromatic rings. The van der Waals surface area contributed by atoms with Crippen molar-refractivity contribution in [2.24, 2.45) is 0 Å². The molecule has 0 aliphatic carbocycles. The van der Waals surface area contributed by atoms with Gasteiger partial charge in [0.1, 0.15) is 0 Å². The lowest BCUT2D eigenvalue weighted by atomic mass is 9.94. The van der Waals surface area contributed by atoms with Gasteiger partial charge in [-0.05, 0) is 68.7 Å². The largest absolute Gasteiger partial charge is 0.371 e. The Bertz CT molecular complexity index is 1700. The van der Waals surface area contributed by atoms with E-state index in [2.05, 4.69) is 57.0 Å². The minimum Gasteiger partial charge on any atom is -0.371 e. The van der Waals surface area contributed by atoms with E-state index in [4.69, 9.17) is 0 Å². The number of piperidine rings is 1. The number of ketones is 1. The van der Waals surface area contributed by atoms with Gasteiger partial charge in [0.25, 0.3) is 0 Å². The summed E-state index contributed by atoms with van der Waals surface area (Å²) in [5.74, 6) is 0.0728. The van der Waals surface area contributed by atoms with Crippen LogP contribution in [0.25, 0.3) is 32.9 Å². The third kappa shape index (κ3) is 4.29. The Morgan fingerprint density at radius 3 is 2.63 bits per heavy atom. The molecule has 38 heavy (non-hydrogen) atoms. The first-order valence-corrected chi connectivity index (χ1v) is 12.8. The second-order valence-electron chi connectivity index (χ2n) is 10.1. The van der Waals surface area contributed by atoms with Gasteiger partial charge in [-0.15, -0.1) is 0 Å². The molecule has 1 saturated heterocycles. The lowest BCUT2D eigenvalue weighted by Gasteiger charge is -2.36. The fourth-order valence-electron chi connectivity index (χ4n) is 5.42. The number of nitrogens with one attached hydrogen (secondary N) is 1. The molecule has 0 atom stereocenters. The zero-order valence-corrected chi connectivity index (χ0v) is 21.5. The summed E-state index contributed by atoms with van der Waals surface area (Å²) in [5, 5.41) is 11.7. The number of aromatic amines is 1. The molecule has 0 unspecified atom stereocenters. The molecule has 1 aliphatic heterocycles. The lowest BCUT2D eigenvalue weighted by Crippen LogP contribution is -2.41. The van der Waals surface area contributed by atoms with Gasteiger partial charge in [0.05, 0.1) is 22.7 Å². The molecule has 188 valence electrons. The molecular formula is C31H28N6O. The first-order valence-electron chi connectivity index (χ1n) is 12.8. The molecule has 1 N–H and O–H groups in total. The molecule has 0 spiro atoms. The number of carbonyl (C=O) groups is 1. The van der Waals surface area contributed by atoms with E-state index < -0.39 is 0 Å². The maximum Gasteiger partial charge on any atom is 0.228 e. The Kier molecular flexibility index (Phi) is 6.10. The van der Waals surface area contributed by atoms with Crippen molar-refractivity contribution in [1.82, 2.24) is 19.9 Å². The summed E-state index contributed by atoms with van der Waals surface area (Å²) in [4.78, 5) is 30.5. The van der Waals surface area contributed by atoms with E-state index in [-0.39, 0.29) is 11.6 Å². The number of fused-ring (bicyclic) bond motifs is 2. The standard InChI is InChI=1S/C31H28N6O/c1-36(2)23-11-13-37(14-12-23)24-9-10-28-29(16-24)35-31(34-28)30(38)20-7-8-21(17-32)26(15-20)27-19-33-18-22-5-3-4-6-25(22)27/h3-10,15-16,18-19,23H,11-14H2,1-2H3,(H,34,35). The van der Waals surface area contributed by atoms with Crippen LogP contribution in [0.15, 0.2) is 73.1 Å². The Labute approximate surface area is 221 Å². The van der Waals surface area contributed by atoms with Crippen LogP contribution in [0, 0.1) is 11.3 Å². The van der Waals surface area contributed by atoms with Crippen LogP contribution in [0.3, 0.4) is 0 Å². The van der Waals surface area contributed by atoms with Gasteiger partial charge >= 0.3 is 0 Å². The second-order valence-corrected chi connectivity index (χ2v) is 10.1. The first kappa shape index (κ1) is 23.8. The van der Waals surface area contributed by atoms with E-state index in [1.54, 1.807) is 30.6 Å². The van der Waals surface area contributed by atoms with Gasteiger partial charge in [0, 0.05) is 59.3 Å². The van der Waals surface area contributed by atoms with Crippen LogP contribution in [-0.2, 0) is 0 Å². The van der Waals surface area contributed by atoms with E-state index in [1.165, 1.54) is 0 Å². The van der Waals surface area contributed by atoms with E-state index in [0.29, 0.717) is 22.7 Å². The van der Waals surface area contributed by atoms with Gasteiger partial charge in [-0.1, -0.05) is 24.3 Å². The van der Waals surface area contributed by atoms with Crippen LogP contribution in [-0.4, -0.2) is 58.9 Å². The van der Waals surface area contributed by atoms with E-state index in [1.807, 2.05) is 30.3 Å². The van der Waals surface area contributed by atoms with Gasteiger partial charge in [-0.2, -0.15) is 5.26 Å². The van der Waals surface area contributed by atoms with Crippen molar-refractivity contribution in [3.63, 3.8) is 0 Å². The van der Waals surface area contributed by atoms with Crippen LogP contribution in [0.2, 0.25) is 0 Å². The van der Waals surface area contributed by atoms with Gasteiger partial charge < -0.3 is 14.8 Å². The fourth-order valence-corrected chi connectivity index (χ4v) is 5.42. The summed E-state index contributed by atoms with van der Waals surface area (Å²) in [6.45, 7) is 2.01. The number of benzene rings is 3. The third-order valence-electron chi connectivity index (χ3n) is 7.60. The zero-order valence-electron chi connectivity index (χ0n) is 21.5. The number of nitrogens with zero attached hydrogens (tertiary/aromatic N) is 5. The minimum absolute atomic E-state index is 0.214. The molecule has 7 nitrogen and oxygen atoms in total. The van der Waals surface area contributed by atoms with Crippen molar-refractivity contribution in [1.29, 1.82) is 5.26 Å². The number of pyridine rings is 1. The number of hydrogen-bond donors (Lipinski definition) is 1.